The number of aromatic nitrogens is 2. The Bertz CT molecular complexity index is 1320. The van der Waals surface area contributed by atoms with E-state index in [0.29, 0.717) is 43.2 Å². The molecule has 0 unspecified atom stereocenters. The Hall–Kier alpha value is -3.53. The number of hydrogen-bond donors (Lipinski definition) is 2. The van der Waals surface area contributed by atoms with Gasteiger partial charge in [-0.25, -0.2) is 4.79 Å². The molecule has 0 aliphatic carbocycles. The Labute approximate surface area is 209 Å². The summed E-state index contributed by atoms with van der Waals surface area (Å²) < 4.78 is 12.7. The number of methoxy groups -OCH3 is 1. The predicted molar refractivity (Wildman–Crippen MR) is 134 cm³/mol. The number of benzene rings is 1. The van der Waals surface area contributed by atoms with Gasteiger partial charge < -0.3 is 34.1 Å². The van der Waals surface area contributed by atoms with Crippen LogP contribution in [0.3, 0.4) is 0 Å². The molecule has 10 nitrogen and oxygen atoms in total. The lowest BCUT2D eigenvalue weighted by molar-refractivity contribution is -0.140. The van der Waals surface area contributed by atoms with Gasteiger partial charge in [-0.3, -0.25) is 4.79 Å². The highest BCUT2D eigenvalue weighted by molar-refractivity contribution is 5.93. The van der Waals surface area contributed by atoms with E-state index in [2.05, 4.69) is 10.5 Å². The van der Waals surface area contributed by atoms with Gasteiger partial charge in [0.25, 0.3) is 0 Å². The van der Waals surface area contributed by atoms with Crippen LogP contribution >= 0.6 is 0 Å². The van der Waals surface area contributed by atoms with E-state index in [4.69, 9.17) is 9.26 Å². The average Bonchev–Trinajstić information content (AvgIpc) is 3.32. The molecule has 1 atom stereocenters. The normalized spacial score (nSPS) is 18.3. The first kappa shape index (κ1) is 24.2. The summed E-state index contributed by atoms with van der Waals surface area (Å²) >= 11 is 0. The van der Waals surface area contributed by atoms with E-state index in [9.17, 15) is 14.7 Å². The van der Waals surface area contributed by atoms with Gasteiger partial charge in [0, 0.05) is 50.2 Å². The van der Waals surface area contributed by atoms with Crippen molar-refractivity contribution in [2.75, 3.05) is 38.7 Å². The number of rotatable bonds is 5. The fraction of sp³-hybridized carbons (Fsp3) is 0.500. The summed E-state index contributed by atoms with van der Waals surface area (Å²) in [4.78, 5) is 29.9. The molecule has 2 N–H and O–H groups in total. The highest BCUT2D eigenvalue weighted by Crippen LogP contribution is 2.50. The number of aryl methyl sites for hydroxylation is 3. The number of nitrogens with one attached hydrogen (secondary N) is 1. The first-order valence-corrected chi connectivity index (χ1v) is 12.3. The van der Waals surface area contributed by atoms with Crippen molar-refractivity contribution in [3.8, 4) is 5.75 Å². The molecule has 192 valence electrons. The standard InChI is InChI=1S/C26H33N5O5/c1-6-7-21(33)30-12-26(13-30)14-31(25(34)27-23-15(2)28-36-16(23)3)20(11-32)24-22(26)18-9-8-17(35-5)10-19(18)29(24)4/h8-10,20,32H,6-7,11-14H2,1-5H3,(H,27,34)/t20-/m1/s1. The number of urea groups is 1. The maximum atomic E-state index is 13.6. The Morgan fingerprint density at radius 1 is 1.28 bits per heavy atom. The van der Waals surface area contributed by atoms with Crippen LogP contribution in [0.4, 0.5) is 10.5 Å². The van der Waals surface area contributed by atoms with E-state index in [1.54, 1.807) is 25.9 Å². The van der Waals surface area contributed by atoms with Gasteiger partial charge in [0.2, 0.25) is 5.91 Å². The van der Waals surface area contributed by atoms with Crippen LogP contribution in [0, 0.1) is 13.8 Å². The van der Waals surface area contributed by atoms with Crippen LogP contribution in [0.15, 0.2) is 22.7 Å². The second kappa shape index (κ2) is 8.85. The first-order chi connectivity index (χ1) is 17.2. The second-order valence-corrected chi connectivity index (χ2v) is 9.94. The highest BCUT2D eigenvalue weighted by atomic mass is 16.5. The largest absolute Gasteiger partial charge is 0.497 e. The minimum absolute atomic E-state index is 0.127. The zero-order valence-electron chi connectivity index (χ0n) is 21.4. The monoisotopic (exact) mass is 495 g/mol. The number of anilines is 1. The van der Waals surface area contributed by atoms with Crippen LogP contribution in [-0.4, -0.2) is 69.9 Å². The molecule has 1 aromatic carbocycles. The molecule has 2 aliphatic heterocycles. The number of hydrogen-bond acceptors (Lipinski definition) is 6. The molecule has 3 amide bonds. The summed E-state index contributed by atoms with van der Waals surface area (Å²) in [6.07, 6.45) is 1.30. The van der Waals surface area contributed by atoms with E-state index in [-0.39, 0.29) is 18.5 Å². The number of nitrogens with zero attached hydrogens (tertiary/aromatic N) is 4. The third-order valence-corrected chi connectivity index (χ3v) is 7.65. The fourth-order valence-corrected chi connectivity index (χ4v) is 5.90. The van der Waals surface area contributed by atoms with Crippen LogP contribution in [0.2, 0.25) is 0 Å². The van der Waals surface area contributed by atoms with Crippen molar-refractivity contribution in [3.05, 3.63) is 40.9 Å². The van der Waals surface area contributed by atoms with Crippen molar-refractivity contribution >= 4 is 28.5 Å². The van der Waals surface area contributed by atoms with Crippen molar-refractivity contribution in [1.82, 2.24) is 19.5 Å². The highest BCUT2D eigenvalue weighted by Gasteiger charge is 2.55. The number of carbonyl (C=O) groups excluding carboxylic acids is 2. The average molecular weight is 496 g/mol. The van der Waals surface area contributed by atoms with Crippen molar-refractivity contribution in [2.24, 2.45) is 7.05 Å². The first-order valence-electron chi connectivity index (χ1n) is 12.3. The molecule has 3 aromatic rings. The minimum Gasteiger partial charge on any atom is -0.497 e. The van der Waals surface area contributed by atoms with Crippen LogP contribution in [-0.2, 0) is 17.3 Å². The number of amides is 3. The summed E-state index contributed by atoms with van der Waals surface area (Å²) in [6, 6.07) is 5.05. The van der Waals surface area contributed by atoms with Gasteiger partial charge in [-0.2, -0.15) is 0 Å². The molecule has 1 saturated heterocycles. The molecule has 10 heteroatoms. The van der Waals surface area contributed by atoms with Gasteiger partial charge in [0.15, 0.2) is 5.76 Å². The third kappa shape index (κ3) is 3.54. The van der Waals surface area contributed by atoms with Crippen molar-refractivity contribution in [1.29, 1.82) is 0 Å². The smallest absolute Gasteiger partial charge is 0.322 e. The van der Waals surface area contributed by atoms with E-state index >= 15 is 0 Å². The summed E-state index contributed by atoms with van der Waals surface area (Å²) in [7, 11) is 3.58. The molecule has 1 fully saturated rings. The lowest BCUT2D eigenvalue weighted by Gasteiger charge is -2.56. The molecule has 36 heavy (non-hydrogen) atoms. The van der Waals surface area contributed by atoms with Crippen LogP contribution in [0.5, 0.6) is 5.75 Å². The number of carbonyl (C=O) groups is 2. The Kier molecular flexibility index (Phi) is 5.94. The zero-order chi connectivity index (χ0) is 25.8. The fourth-order valence-electron chi connectivity index (χ4n) is 5.90. The van der Waals surface area contributed by atoms with Crippen LogP contribution in [0.1, 0.15) is 48.5 Å². The maximum Gasteiger partial charge on any atom is 0.322 e. The summed E-state index contributed by atoms with van der Waals surface area (Å²) in [6.45, 7) is 6.70. The molecule has 0 saturated carbocycles. The van der Waals surface area contributed by atoms with E-state index in [1.165, 1.54) is 0 Å². The lowest BCUT2D eigenvalue weighted by atomic mass is 9.68. The van der Waals surface area contributed by atoms with E-state index in [1.807, 2.05) is 41.6 Å². The number of aliphatic hydroxyl groups excluding tert-OH is 1. The zero-order valence-corrected chi connectivity index (χ0v) is 21.4. The maximum absolute atomic E-state index is 13.6. The molecular weight excluding hydrogens is 462 g/mol. The Morgan fingerprint density at radius 3 is 2.64 bits per heavy atom. The van der Waals surface area contributed by atoms with Gasteiger partial charge in [-0.15, -0.1) is 0 Å². The van der Waals surface area contributed by atoms with Crippen molar-refractivity contribution < 1.29 is 24.0 Å². The Morgan fingerprint density at radius 2 is 2.03 bits per heavy atom. The van der Waals surface area contributed by atoms with Gasteiger partial charge >= 0.3 is 6.03 Å². The summed E-state index contributed by atoms with van der Waals surface area (Å²) in [5.74, 6) is 1.38. The molecule has 2 aliphatic rings. The quantitative estimate of drug-likeness (QED) is 0.562. The van der Waals surface area contributed by atoms with Crippen molar-refractivity contribution in [3.63, 3.8) is 0 Å². The number of aliphatic hydroxyl groups is 1. The van der Waals surface area contributed by atoms with Crippen LogP contribution in [0.25, 0.3) is 10.9 Å². The summed E-state index contributed by atoms with van der Waals surface area (Å²) in [5.41, 5.74) is 3.63. The third-order valence-electron chi connectivity index (χ3n) is 7.65. The predicted octanol–water partition coefficient (Wildman–Crippen LogP) is 3.25. The second-order valence-electron chi connectivity index (χ2n) is 9.94. The van der Waals surface area contributed by atoms with Gasteiger partial charge in [0.1, 0.15) is 17.1 Å². The Balaban J connectivity index is 1.61. The van der Waals surface area contributed by atoms with Gasteiger partial charge in [-0.1, -0.05) is 12.1 Å². The molecule has 2 aromatic heterocycles. The number of fused-ring (bicyclic) bond motifs is 4. The molecule has 1 spiro atoms. The SMILES string of the molecule is CCCC(=O)N1CC2(C1)CN(C(=O)Nc1c(C)noc1C)[C@H](CO)c1c2c2ccc(OC)cc2n1C. The summed E-state index contributed by atoms with van der Waals surface area (Å²) in [5, 5.41) is 18.5. The van der Waals surface area contributed by atoms with E-state index < -0.39 is 11.5 Å². The lowest BCUT2D eigenvalue weighted by Crippen LogP contribution is -2.68. The van der Waals surface area contributed by atoms with Gasteiger partial charge in [-0.05, 0) is 38.0 Å². The van der Waals surface area contributed by atoms with Gasteiger partial charge in [0.05, 0.1) is 30.7 Å². The minimum atomic E-state index is -0.560. The molecule has 0 radical (unpaired) electrons. The topological polar surface area (TPSA) is 113 Å². The molecule has 0 bridgehead atoms. The molecular formula is C26H33N5O5. The molecule has 4 heterocycles. The number of ether oxygens (including phenoxy) is 1. The van der Waals surface area contributed by atoms with Crippen molar-refractivity contribution in [2.45, 2.75) is 45.1 Å². The van der Waals surface area contributed by atoms with Crippen LogP contribution < -0.4 is 10.1 Å². The number of likely N-dealkylation sites (tertiary alicyclic amines) is 1. The molecule has 5 rings (SSSR count). The van der Waals surface area contributed by atoms with E-state index in [0.717, 1.165) is 34.3 Å².